The Morgan fingerprint density at radius 1 is 1.54 bits per heavy atom. The molecule has 5 nitrogen and oxygen atoms in total. The molecule has 1 unspecified atom stereocenters. The van der Waals surface area contributed by atoms with Gasteiger partial charge in [-0.05, 0) is 37.6 Å². The summed E-state index contributed by atoms with van der Waals surface area (Å²) in [6, 6.07) is 4.28. The Morgan fingerprint density at radius 2 is 2.42 bits per heavy atom. The fraction of sp³-hybridized carbons (Fsp3) is 0.706. The van der Waals surface area contributed by atoms with Gasteiger partial charge in [-0.25, -0.2) is 0 Å². The molecule has 1 atom stereocenters. The predicted molar refractivity (Wildman–Crippen MR) is 112 cm³/mol. The van der Waals surface area contributed by atoms with Crippen LogP contribution in [-0.4, -0.2) is 63.5 Å². The molecule has 24 heavy (non-hydrogen) atoms. The Labute approximate surface area is 166 Å². The molecular weight excluding hydrogens is 437 g/mol. The van der Waals surface area contributed by atoms with E-state index in [-0.39, 0.29) is 24.0 Å². The van der Waals surface area contributed by atoms with E-state index in [2.05, 4.69) is 46.7 Å². The van der Waals surface area contributed by atoms with E-state index < -0.39 is 0 Å². The summed E-state index contributed by atoms with van der Waals surface area (Å²) in [7, 11) is 2.09. The van der Waals surface area contributed by atoms with E-state index in [9.17, 15) is 0 Å². The van der Waals surface area contributed by atoms with Gasteiger partial charge in [-0.15, -0.1) is 35.3 Å². The van der Waals surface area contributed by atoms with Crippen molar-refractivity contribution in [2.45, 2.75) is 32.3 Å². The molecule has 0 aliphatic carbocycles. The second-order valence-corrected chi connectivity index (χ2v) is 6.73. The maximum Gasteiger partial charge on any atom is 0.193 e. The lowest BCUT2D eigenvalue weighted by atomic mass is 10.2. The molecule has 1 aliphatic rings. The van der Waals surface area contributed by atoms with Crippen LogP contribution in [0.1, 0.15) is 24.6 Å². The maximum atomic E-state index is 5.67. The first-order valence-electron chi connectivity index (χ1n) is 8.50. The van der Waals surface area contributed by atoms with Crippen LogP contribution in [0.15, 0.2) is 22.5 Å². The number of aliphatic imine (C=N–C) groups is 1. The van der Waals surface area contributed by atoms with Crippen molar-refractivity contribution in [2.75, 3.05) is 46.5 Å². The SMILES string of the molecule is CCNC(=NCCOCC1CCCO1)N(C)CCc1cccs1.I. The molecule has 7 heteroatoms. The second-order valence-electron chi connectivity index (χ2n) is 5.70. The van der Waals surface area contributed by atoms with Gasteiger partial charge < -0.3 is 19.7 Å². The second kappa shape index (κ2) is 12.9. The van der Waals surface area contributed by atoms with Crippen LogP contribution in [0.4, 0.5) is 0 Å². The van der Waals surface area contributed by atoms with Gasteiger partial charge in [0.1, 0.15) is 0 Å². The zero-order valence-corrected chi connectivity index (χ0v) is 17.8. The van der Waals surface area contributed by atoms with E-state index in [0.717, 1.165) is 44.9 Å². The van der Waals surface area contributed by atoms with Crippen molar-refractivity contribution in [1.29, 1.82) is 0 Å². The molecule has 0 radical (unpaired) electrons. The van der Waals surface area contributed by atoms with Crippen LogP contribution in [0.2, 0.25) is 0 Å². The first kappa shape index (κ1) is 21.7. The molecule has 2 heterocycles. The Morgan fingerprint density at radius 3 is 3.08 bits per heavy atom. The molecule has 1 fully saturated rings. The maximum absolute atomic E-state index is 5.67. The molecule has 2 rings (SSSR count). The molecular formula is C17H30IN3O2S. The van der Waals surface area contributed by atoms with E-state index >= 15 is 0 Å². The van der Waals surface area contributed by atoms with Crippen LogP contribution >= 0.6 is 35.3 Å². The van der Waals surface area contributed by atoms with E-state index in [1.54, 1.807) is 0 Å². The van der Waals surface area contributed by atoms with Crippen molar-refractivity contribution in [3.05, 3.63) is 22.4 Å². The third-order valence-corrected chi connectivity index (χ3v) is 4.73. The van der Waals surface area contributed by atoms with Crippen molar-refractivity contribution < 1.29 is 9.47 Å². The standard InChI is InChI=1S/C17H29N3O2S.HI/c1-3-18-17(20(2)10-8-16-7-5-13-23-16)19-9-12-21-14-15-6-4-11-22-15;/h5,7,13,15H,3-4,6,8-12,14H2,1-2H3,(H,18,19);1H. The smallest absolute Gasteiger partial charge is 0.193 e. The topological polar surface area (TPSA) is 46.1 Å². The summed E-state index contributed by atoms with van der Waals surface area (Å²) < 4.78 is 11.2. The number of nitrogens with zero attached hydrogens (tertiary/aromatic N) is 2. The molecule has 1 saturated heterocycles. The molecule has 0 spiro atoms. The van der Waals surface area contributed by atoms with Crippen molar-refractivity contribution in [3.8, 4) is 0 Å². The highest BCUT2D eigenvalue weighted by molar-refractivity contribution is 14.0. The molecule has 1 aromatic heterocycles. The van der Waals surface area contributed by atoms with Gasteiger partial charge in [0.15, 0.2) is 5.96 Å². The molecule has 1 aliphatic heterocycles. The third kappa shape index (κ3) is 8.13. The summed E-state index contributed by atoms with van der Waals surface area (Å²) in [6.45, 7) is 6.83. The number of hydrogen-bond donors (Lipinski definition) is 1. The number of thiophene rings is 1. The van der Waals surface area contributed by atoms with E-state index in [0.29, 0.717) is 25.9 Å². The molecule has 1 aromatic rings. The Balaban J connectivity index is 0.00000288. The highest BCUT2D eigenvalue weighted by Crippen LogP contribution is 2.12. The minimum absolute atomic E-state index is 0. The lowest BCUT2D eigenvalue weighted by Crippen LogP contribution is -2.40. The third-order valence-electron chi connectivity index (χ3n) is 3.80. The minimum Gasteiger partial charge on any atom is -0.377 e. The van der Waals surface area contributed by atoms with Gasteiger partial charge >= 0.3 is 0 Å². The van der Waals surface area contributed by atoms with E-state index in [1.165, 1.54) is 4.88 Å². The first-order chi connectivity index (χ1) is 11.3. The number of rotatable bonds is 9. The molecule has 0 bridgehead atoms. The number of halogens is 1. The minimum atomic E-state index is 0. The molecule has 0 saturated carbocycles. The lowest BCUT2D eigenvalue weighted by molar-refractivity contribution is 0.0199. The van der Waals surface area contributed by atoms with Gasteiger partial charge in [-0.2, -0.15) is 0 Å². The number of guanidine groups is 1. The zero-order valence-electron chi connectivity index (χ0n) is 14.7. The average Bonchev–Trinajstić information content (AvgIpc) is 3.24. The quantitative estimate of drug-likeness (QED) is 0.263. The number of ether oxygens (including phenoxy) is 2. The van der Waals surface area contributed by atoms with Crippen molar-refractivity contribution in [3.63, 3.8) is 0 Å². The van der Waals surface area contributed by atoms with Crippen molar-refractivity contribution in [2.24, 2.45) is 4.99 Å². The van der Waals surface area contributed by atoms with Crippen LogP contribution in [0.25, 0.3) is 0 Å². The number of likely N-dealkylation sites (N-methyl/N-ethyl adjacent to an activating group) is 1. The van der Waals surface area contributed by atoms with Gasteiger partial charge in [-0.3, -0.25) is 4.99 Å². The van der Waals surface area contributed by atoms with E-state index in [1.807, 2.05) is 11.3 Å². The molecule has 0 amide bonds. The highest BCUT2D eigenvalue weighted by atomic mass is 127. The van der Waals surface area contributed by atoms with Gasteiger partial charge in [0.25, 0.3) is 0 Å². The van der Waals surface area contributed by atoms with Crippen LogP contribution in [0.3, 0.4) is 0 Å². The van der Waals surface area contributed by atoms with Crippen LogP contribution < -0.4 is 5.32 Å². The summed E-state index contributed by atoms with van der Waals surface area (Å²) in [4.78, 5) is 8.24. The summed E-state index contributed by atoms with van der Waals surface area (Å²) in [5.74, 6) is 0.949. The normalized spacial score (nSPS) is 17.6. The van der Waals surface area contributed by atoms with Crippen LogP contribution in [0.5, 0.6) is 0 Å². The average molecular weight is 467 g/mol. The van der Waals surface area contributed by atoms with Crippen molar-refractivity contribution in [1.82, 2.24) is 10.2 Å². The largest absolute Gasteiger partial charge is 0.377 e. The number of nitrogens with one attached hydrogen (secondary N) is 1. The summed E-state index contributed by atoms with van der Waals surface area (Å²) in [5, 5.41) is 5.47. The predicted octanol–water partition coefficient (Wildman–Crippen LogP) is 3.00. The van der Waals surface area contributed by atoms with Gasteiger partial charge in [0, 0.05) is 31.6 Å². The Kier molecular flexibility index (Phi) is 11.7. The van der Waals surface area contributed by atoms with Crippen molar-refractivity contribution >= 4 is 41.3 Å². The highest BCUT2D eigenvalue weighted by Gasteiger charge is 2.15. The van der Waals surface area contributed by atoms with Crippen LogP contribution in [-0.2, 0) is 15.9 Å². The summed E-state index contributed by atoms with van der Waals surface area (Å²) >= 11 is 1.81. The number of hydrogen-bond acceptors (Lipinski definition) is 4. The molecule has 0 aromatic carbocycles. The molecule has 1 N–H and O–H groups in total. The monoisotopic (exact) mass is 467 g/mol. The van der Waals surface area contributed by atoms with Gasteiger partial charge in [0.05, 0.1) is 25.9 Å². The van der Waals surface area contributed by atoms with Crippen LogP contribution in [0, 0.1) is 0 Å². The molecule has 138 valence electrons. The summed E-state index contributed by atoms with van der Waals surface area (Å²) in [6.07, 6.45) is 3.62. The van der Waals surface area contributed by atoms with Gasteiger partial charge in [-0.1, -0.05) is 6.07 Å². The lowest BCUT2D eigenvalue weighted by Gasteiger charge is -2.21. The first-order valence-corrected chi connectivity index (χ1v) is 9.38. The summed E-state index contributed by atoms with van der Waals surface area (Å²) in [5.41, 5.74) is 0. The Hall–Kier alpha value is -0.380. The van der Waals surface area contributed by atoms with Gasteiger partial charge in [0.2, 0.25) is 0 Å². The van der Waals surface area contributed by atoms with E-state index in [4.69, 9.17) is 9.47 Å². The fourth-order valence-corrected chi connectivity index (χ4v) is 3.21. The zero-order chi connectivity index (χ0) is 16.3. The fourth-order valence-electron chi connectivity index (χ4n) is 2.51. The Bertz CT molecular complexity index is 451.